The van der Waals surface area contributed by atoms with E-state index in [0.29, 0.717) is 13.0 Å². The number of nitrogens with zero attached hydrogens (tertiary/aromatic N) is 2. The Morgan fingerprint density at radius 2 is 1.41 bits per heavy atom. The van der Waals surface area contributed by atoms with Crippen molar-refractivity contribution < 1.29 is 28.8 Å². The summed E-state index contributed by atoms with van der Waals surface area (Å²) in [6.07, 6.45) is 5.49. The summed E-state index contributed by atoms with van der Waals surface area (Å²) in [4.78, 5) is 90.6. The van der Waals surface area contributed by atoms with Gasteiger partial charge in [0.1, 0.15) is 24.2 Å². The Labute approximate surface area is 336 Å². The lowest BCUT2D eigenvalue weighted by Crippen LogP contribution is -2.59. The molecule has 2 heterocycles. The van der Waals surface area contributed by atoms with E-state index in [1.165, 1.54) is 31.6 Å². The van der Waals surface area contributed by atoms with Crippen molar-refractivity contribution in [1.29, 1.82) is 0 Å². The maximum Gasteiger partial charge on any atom is 0.334 e. The van der Waals surface area contributed by atoms with Crippen LogP contribution in [0.5, 0.6) is 0 Å². The third-order valence-electron chi connectivity index (χ3n) is 9.08. The number of urea groups is 1. The average molecular weight is 797 g/mol. The molecule has 12 N–H and O–H groups in total. The van der Waals surface area contributed by atoms with Crippen LogP contribution in [-0.4, -0.2) is 89.3 Å². The Hall–Kier alpha value is -6.98. The predicted octanol–water partition coefficient (Wildman–Crippen LogP) is 0.661. The molecular weight excluding hydrogens is 745 g/mol. The number of hydrogen-bond acceptors (Lipinski definition) is 8. The highest BCUT2D eigenvalue weighted by molar-refractivity contribution is 5.98. The molecule has 0 spiro atoms. The lowest BCUT2D eigenvalue weighted by atomic mass is 10.0. The molecule has 7 amide bonds. The van der Waals surface area contributed by atoms with Crippen molar-refractivity contribution in [3.05, 3.63) is 102 Å². The van der Waals surface area contributed by atoms with Gasteiger partial charge in [-0.25, -0.2) is 10.2 Å². The van der Waals surface area contributed by atoms with E-state index in [4.69, 9.17) is 11.5 Å². The van der Waals surface area contributed by atoms with Crippen molar-refractivity contribution in [2.45, 2.75) is 70.1 Å². The first-order chi connectivity index (χ1) is 27.8. The van der Waals surface area contributed by atoms with Gasteiger partial charge in [0.2, 0.25) is 17.7 Å². The van der Waals surface area contributed by atoms with Crippen molar-refractivity contribution in [3.8, 4) is 0 Å². The summed E-state index contributed by atoms with van der Waals surface area (Å²) in [5.41, 5.74) is 18.7. The van der Waals surface area contributed by atoms with Crippen molar-refractivity contribution in [3.63, 3.8) is 0 Å². The maximum absolute atomic E-state index is 13.8. The minimum absolute atomic E-state index is 0.0903. The van der Waals surface area contributed by atoms with Gasteiger partial charge in [-0.3, -0.25) is 39.4 Å². The van der Waals surface area contributed by atoms with Crippen molar-refractivity contribution in [2.24, 2.45) is 22.4 Å². The summed E-state index contributed by atoms with van der Waals surface area (Å²) in [7, 11) is 1.52. The Bertz CT molecular complexity index is 2040. The average Bonchev–Trinajstić information content (AvgIpc) is 3.62. The van der Waals surface area contributed by atoms with Crippen LogP contribution in [0.25, 0.3) is 10.9 Å². The number of hydrazine groups is 1. The number of nitrogens with two attached hydrogens (primary N) is 2. The molecule has 0 saturated carbocycles. The van der Waals surface area contributed by atoms with Crippen molar-refractivity contribution in [2.75, 3.05) is 13.6 Å². The number of aliphatic imine (C=N–C) groups is 1. The van der Waals surface area contributed by atoms with E-state index >= 15 is 0 Å². The number of hydrogen-bond donors (Lipinski definition) is 10. The number of pyridine rings is 1. The fourth-order valence-corrected chi connectivity index (χ4v) is 6.06. The van der Waals surface area contributed by atoms with Crippen LogP contribution in [0.2, 0.25) is 0 Å². The topological polar surface area (TPSA) is 280 Å². The van der Waals surface area contributed by atoms with Gasteiger partial charge in [-0.2, -0.15) is 0 Å². The Balaban J connectivity index is 1.44. The van der Waals surface area contributed by atoms with E-state index in [1.807, 2.05) is 44.2 Å². The fourth-order valence-electron chi connectivity index (χ4n) is 6.06. The highest BCUT2D eigenvalue weighted by atomic mass is 16.2. The van der Waals surface area contributed by atoms with Gasteiger partial charge in [0.05, 0.1) is 0 Å². The van der Waals surface area contributed by atoms with Crippen molar-refractivity contribution in [1.82, 2.24) is 47.4 Å². The van der Waals surface area contributed by atoms with E-state index in [0.717, 1.165) is 22.0 Å². The van der Waals surface area contributed by atoms with E-state index < -0.39 is 59.7 Å². The molecule has 0 unspecified atom stereocenters. The third kappa shape index (κ3) is 13.6. The number of amides is 7. The first-order valence-electron chi connectivity index (χ1n) is 18.9. The highest BCUT2D eigenvalue weighted by Gasteiger charge is 2.30. The lowest BCUT2D eigenvalue weighted by molar-refractivity contribution is -0.132. The van der Waals surface area contributed by atoms with Gasteiger partial charge in [0.15, 0.2) is 5.96 Å². The molecule has 308 valence electrons. The van der Waals surface area contributed by atoms with E-state index in [2.05, 4.69) is 52.4 Å². The second-order valence-electron chi connectivity index (χ2n) is 14.0. The number of carbonyl (C=O) groups is 6. The zero-order chi connectivity index (χ0) is 42.0. The van der Waals surface area contributed by atoms with E-state index in [1.54, 1.807) is 30.5 Å². The number of carbonyl (C=O) groups excluding carboxylic acids is 6. The SMILES string of the molecule is CN=C(N)NCCC[C@H](NC(=O)[C@H](CC(C)C)NC(=O)NNC(=O)[C@H](Cc1ccccc1)NC(=O)c1ccncc1)C(=O)N[C@@H](Cc1c[nH]c2ccccc12)C(N)=O. The quantitative estimate of drug-likeness (QED) is 0.0276. The number of benzene rings is 2. The number of primary amides is 1. The van der Waals surface area contributed by atoms with Crippen LogP contribution in [0.4, 0.5) is 4.79 Å². The molecule has 4 atom stereocenters. The van der Waals surface area contributed by atoms with Crippen LogP contribution >= 0.6 is 0 Å². The van der Waals surface area contributed by atoms with Gasteiger partial charge >= 0.3 is 6.03 Å². The van der Waals surface area contributed by atoms with E-state index in [9.17, 15) is 28.8 Å². The summed E-state index contributed by atoms with van der Waals surface area (Å²) in [5, 5.41) is 14.5. The number of guanidine groups is 1. The number of para-hydroxylation sites is 1. The number of aromatic amines is 1. The predicted molar refractivity (Wildman–Crippen MR) is 219 cm³/mol. The fraction of sp³-hybridized carbons (Fsp3) is 0.350. The molecule has 0 radical (unpaired) electrons. The normalized spacial score (nSPS) is 13.3. The van der Waals surface area contributed by atoms with Gasteiger partial charge in [-0.05, 0) is 54.5 Å². The molecule has 0 aliphatic heterocycles. The zero-order valence-electron chi connectivity index (χ0n) is 32.7. The monoisotopic (exact) mass is 796 g/mol. The van der Waals surface area contributed by atoms with Crippen molar-refractivity contribution >= 4 is 52.4 Å². The minimum atomic E-state index is -1.15. The molecule has 0 bridgehead atoms. The third-order valence-corrected chi connectivity index (χ3v) is 9.08. The second kappa shape index (κ2) is 21.9. The van der Waals surface area contributed by atoms with Crippen LogP contribution in [0.1, 0.15) is 54.6 Å². The molecule has 18 heteroatoms. The Kier molecular flexibility index (Phi) is 16.5. The summed E-state index contributed by atoms with van der Waals surface area (Å²) >= 11 is 0. The van der Waals surface area contributed by atoms with Crippen LogP contribution in [0, 0.1) is 5.92 Å². The Morgan fingerprint density at radius 3 is 2.10 bits per heavy atom. The largest absolute Gasteiger partial charge is 0.370 e. The number of fused-ring (bicyclic) bond motifs is 1. The number of aromatic nitrogens is 2. The van der Waals surface area contributed by atoms with Crippen LogP contribution in [0.15, 0.2) is 90.3 Å². The number of H-pyrrole nitrogens is 1. The molecule has 2 aromatic carbocycles. The van der Waals surface area contributed by atoms with Gasteiger partial charge < -0.3 is 43.0 Å². The van der Waals surface area contributed by atoms with Crippen LogP contribution < -0.4 is 48.9 Å². The molecule has 4 rings (SSSR count). The summed E-state index contributed by atoms with van der Waals surface area (Å²) < 4.78 is 0. The lowest BCUT2D eigenvalue weighted by Gasteiger charge is -2.26. The van der Waals surface area contributed by atoms with Gasteiger partial charge in [-0.15, -0.1) is 0 Å². The van der Waals surface area contributed by atoms with Crippen LogP contribution in [-0.2, 0) is 32.0 Å². The van der Waals surface area contributed by atoms with E-state index in [-0.39, 0.29) is 43.1 Å². The molecule has 58 heavy (non-hydrogen) atoms. The molecule has 0 aliphatic rings. The van der Waals surface area contributed by atoms with Gasteiger partial charge in [0, 0.05) is 61.5 Å². The first-order valence-corrected chi connectivity index (χ1v) is 18.9. The van der Waals surface area contributed by atoms with Gasteiger partial charge in [-0.1, -0.05) is 62.4 Å². The molecule has 0 fully saturated rings. The summed E-state index contributed by atoms with van der Waals surface area (Å²) in [5.74, 6) is -3.25. The molecule has 4 aromatic rings. The molecule has 2 aromatic heterocycles. The first kappa shape index (κ1) is 43.7. The highest BCUT2D eigenvalue weighted by Crippen LogP contribution is 2.19. The Morgan fingerprint density at radius 1 is 0.741 bits per heavy atom. The maximum atomic E-state index is 13.8. The molecule has 0 saturated heterocycles. The van der Waals surface area contributed by atoms with Gasteiger partial charge in [0.25, 0.3) is 11.8 Å². The zero-order valence-corrected chi connectivity index (χ0v) is 32.7. The standard InChI is InChI=1S/C40H52N12O6/c1-24(2)20-32(50-40(58)52-51-38(57)33(21-25-10-5-4-6-11-25)49-35(54)26-15-18-44-19-16-26)37(56)47-30(14-9-17-45-39(42)43-3)36(55)48-31(34(41)53)22-27-23-46-29-13-8-7-12-28(27)29/h4-8,10-13,15-16,18-19,23-24,30-33,46H,9,14,17,20-22H2,1-3H3,(H2,41,53)(H,47,56)(H,48,55)(H,49,54)(H,51,57)(H3,42,43,45)(H2,50,52,58)/t30-,31-,32-,33-/m0/s1. The molecule has 18 nitrogen and oxygen atoms in total. The molecule has 0 aliphatic carbocycles. The molecular formula is C40H52N12O6. The summed E-state index contributed by atoms with van der Waals surface area (Å²) in [6.45, 7) is 4.01. The van der Waals surface area contributed by atoms with Crippen LogP contribution in [0.3, 0.4) is 0 Å². The smallest absolute Gasteiger partial charge is 0.334 e. The number of rotatable bonds is 19. The number of nitrogens with one attached hydrogen (secondary N) is 8. The minimum Gasteiger partial charge on any atom is -0.370 e. The second-order valence-corrected chi connectivity index (χ2v) is 14.0. The summed E-state index contributed by atoms with van der Waals surface area (Å²) in [6, 6.07) is 14.1.